The van der Waals surface area contributed by atoms with Crippen LogP contribution in [0.5, 0.6) is 11.5 Å². The van der Waals surface area contributed by atoms with Gasteiger partial charge in [0.05, 0.1) is 12.7 Å². The summed E-state index contributed by atoms with van der Waals surface area (Å²) in [6.07, 6.45) is 1.67. The van der Waals surface area contributed by atoms with E-state index in [1.807, 2.05) is 25.3 Å². The van der Waals surface area contributed by atoms with Gasteiger partial charge in [-0.3, -0.25) is 10.1 Å². The van der Waals surface area contributed by atoms with E-state index in [1.54, 1.807) is 18.3 Å². The third kappa shape index (κ3) is 5.56. The number of ether oxygens (including phenoxy) is 2. The normalized spacial score (nSPS) is 10.9. The maximum Gasteiger partial charge on any atom is 0.257 e. The summed E-state index contributed by atoms with van der Waals surface area (Å²) < 4.78 is 11.5. The number of aromatic nitrogens is 1. The van der Waals surface area contributed by atoms with E-state index in [9.17, 15) is 4.79 Å². The zero-order valence-corrected chi connectivity index (χ0v) is 14.6. The number of carbonyl (C=O) groups is 1. The summed E-state index contributed by atoms with van der Waals surface area (Å²) >= 11 is 1.37. The van der Waals surface area contributed by atoms with Gasteiger partial charge < -0.3 is 9.47 Å². The Morgan fingerprint density at radius 1 is 1.22 bits per heavy atom. The fourth-order valence-electron chi connectivity index (χ4n) is 1.84. The highest BCUT2D eigenvalue weighted by atomic mass is 32.1. The highest BCUT2D eigenvalue weighted by Gasteiger charge is 2.13. The van der Waals surface area contributed by atoms with Crippen molar-refractivity contribution < 1.29 is 14.3 Å². The lowest BCUT2D eigenvalue weighted by Crippen LogP contribution is -2.13. The van der Waals surface area contributed by atoms with Crippen LogP contribution in [0.4, 0.5) is 5.13 Å². The summed E-state index contributed by atoms with van der Waals surface area (Å²) in [6, 6.07) is 5.24. The molecule has 1 aromatic carbocycles. The number of rotatable bonds is 7. The molecule has 0 unspecified atom stereocenters. The number of nitrogens with zero attached hydrogens (tertiary/aromatic N) is 1. The summed E-state index contributed by atoms with van der Waals surface area (Å²) in [5.41, 5.74) is 0.483. The van der Waals surface area contributed by atoms with Crippen LogP contribution in [0, 0.1) is 5.92 Å². The standard InChI is InChI=1S/C17H22N2O3S/c1-11(2)10-21-14-7-13(8-15(9-14)22-12(3)4)16(20)19-17-18-5-6-23-17/h5-9,11-12H,10H2,1-4H3,(H,18,19,20). The number of carbonyl (C=O) groups excluding carboxylic acids is 1. The molecule has 0 radical (unpaired) electrons. The van der Waals surface area contributed by atoms with Crippen LogP contribution in [0.1, 0.15) is 38.1 Å². The number of thiazole rings is 1. The number of nitrogens with one attached hydrogen (secondary N) is 1. The van der Waals surface area contributed by atoms with Crippen LogP contribution in [-0.2, 0) is 0 Å². The number of amides is 1. The van der Waals surface area contributed by atoms with E-state index in [0.29, 0.717) is 34.7 Å². The molecule has 0 fully saturated rings. The van der Waals surface area contributed by atoms with Crippen LogP contribution in [0.3, 0.4) is 0 Å². The van der Waals surface area contributed by atoms with Gasteiger partial charge in [0.15, 0.2) is 5.13 Å². The van der Waals surface area contributed by atoms with E-state index in [-0.39, 0.29) is 12.0 Å². The summed E-state index contributed by atoms with van der Waals surface area (Å²) in [7, 11) is 0. The molecular weight excluding hydrogens is 312 g/mol. The molecule has 1 aromatic heterocycles. The van der Waals surface area contributed by atoms with Gasteiger partial charge in [-0.15, -0.1) is 11.3 Å². The molecule has 23 heavy (non-hydrogen) atoms. The molecule has 0 saturated carbocycles. The average Bonchev–Trinajstić information content (AvgIpc) is 2.97. The predicted octanol–water partition coefficient (Wildman–Crippen LogP) is 4.22. The van der Waals surface area contributed by atoms with E-state index in [4.69, 9.17) is 9.47 Å². The Hall–Kier alpha value is -2.08. The van der Waals surface area contributed by atoms with Gasteiger partial charge in [0, 0.05) is 23.2 Å². The predicted molar refractivity (Wildman–Crippen MR) is 92.6 cm³/mol. The molecule has 6 heteroatoms. The van der Waals surface area contributed by atoms with Gasteiger partial charge in [0.25, 0.3) is 5.91 Å². The van der Waals surface area contributed by atoms with Crippen molar-refractivity contribution in [1.82, 2.24) is 4.98 Å². The molecule has 0 aliphatic heterocycles. The third-order valence-electron chi connectivity index (χ3n) is 2.75. The lowest BCUT2D eigenvalue weighted by atomic mass is 10.2. The van der Waals surface area contributed by atoms with Crippen molar-refractivity contribution in [2.75, 3.05) is 11.9 Å². The van der Waals surface area contributed by atoms with Crippen molar-refractivity contribution in [1.29, 1.82) is 0 Å². The van der Waals surface area contributed by atoms with Crippen LogP contribution in [0.25, 0.3) is 0 Å². The van der Waals surface area contributed by atoms with E-state index in [0.717, 1.165) is 0 Å². The molecule has 0 saturated heterocycles. The number of benzene rings is 1. The minimum Gasteiger partial charge on any atom is -0.493 e. The van der Waals surface area contributed by atoms with Gasteiger partial charge in [-0.25, -0.2) is 4.98 Å². The molecule has 0 aliphatic rings. The first-order valence-corrected chi connectivity index (χ1v) is 8.47. The van der Waals surface area contributed by atoms with Crippen molar-refractivity contribution in [2.45, 2.75) is 33.8 Å². The van der Waals surface area contributed by atoms with Gasteiger partial charge in [-0.1, -0.05) is 13.8 Å². The van der Waals surface area contributed by atoms with Gasteiger partial charge in [-0.05, 0) is 31.9 Å². The van der Waals surface area contributed by atoms with Crippen LogP contribution in [-0.4, -0.2) is 23.6 Å². The van der Waals surface area contributed by atoms with Crippen molar-refractivity contribution in [3.05, 3.63) is 35.3 Å². The number of hydrogen-bond acceptors (Lipinski definition) is 5. The molecule has 0 aliphatic carbocycles. The van der Waals surface area contributed by atoms with Crippen LogP contribution >= 0.6 is 11.3 Å². The summed E-state index contributed by atoms with van der Waals surface area (Å²) in [5.74, 6) is 1.41. The minimum atomic E-state index is -0.233. The highest BCUT2D eigenvalue weighted by Crippen LogP contribution is 2.25. The molecule has 0 atom stereocenters. The Bertz CT molecular complexity index is 639. The Labute approximate surface area is 140 Å². The van der Waals surface area contributed by atoms with Crippen molar-refractivity contribution >= 4 is 22.4 Å². The van der Waals surface area contributed by atoms with Gasteiger partial charge >= 0.3 is 0 Å². The van der Waals surface area contributed by atoms with Crippen molar-refractivity contribution in [3.8, 4) is 11.5 Å². The first kappa shape index (κ1) is 17.3. The molecule has 0 spiro atoms. The summed E-state index contributed by atoms with van der Waals surface area (Å²) in [6.45, 7) is 8.61. The van der Waals surface area contributed by atoms with Crippen LogP contribution < -0.4 is 14.8 Å². The largest absolute Gasteiger partial charge is 0.493 e. The van der Waals surface area contributed by atoms with Crippen LogP contribution in [0.15, 0.2) is 29.8 Å². The molecule has 1 N–H and O–H groups in total. The SMILES string of the molecule is CC(C)COc1cc(OC(C)C)cc(C(=O)Nc2nccs2)c1. The lowest BCUT2D eigenvalue weighted by Gasteiger charge is -2.15. The lowest BCUT2D eigenvalue weighted by molar-refractivity contribution is 0.102. The van der Waals surface area contributed by atoms with Gasteiger partial charge in [-0.2, -0.15) is 0 Å². The number of hydrogen-bond donors (Lipinski definition) is 1. The maximum atomic E-state index is 12.4. The van der Waals surface area contributed by atoms with Gasteiger partial charge in [0.2, 0.25) is 0 Å². The molecular formula is C17H22N2O3S. The summed E-state index contributed by atoms with van der Waals surface area (Å²) in [4.78, 5) is 16.4. The second-order valence-electron chi connectivity index (χ2n) is 5.86. The highest BCUT2D eigenvalue weighted by molar-refractivity contribution is 7.13. The Morgan fingerprint density at radius 2 is 1.96 bits per heavy atom. The van der Waals surface area contributed by atoms with E-state index in [2.05, 4.69) is 24.1 Å². The monoisotopic (exact) mass is 334 g/mol. The Morgan fingerprint density at radius 3 is 2.57 bits per heavy atom. The van der Waals surface area contributed by atoms with E-state index >= 15 is 0 Å². The smallest absolute Gasteiger partial charge is 0.257 e. The fourth-order valence-corrected chi connectivity index (χ4v) is 2.37. The van der Waals surface area contributed by atoms with Gasteiger partial charge in [0.1, 0.15) is 11.5 Å². The van der Waals surface area contributed by atoms with E-state index < -0.39 is 0 Å². The Balaban J connectivity index is 2.21. The van der Waals surface area contributed by atoms with Crippen molar-refractivity contribution in [2.24, 2.45) is 5.92 Å². The van der Waals surface area contributed by atoms with Crippen molar-refractivity contribution in [3.63, 3.8) is 0 Å². The molecule has 0 bridgehead atoms. The van der Waals surface area contributed by atoms with E-state index in [1.165, 1.54) is 11.3 Å². The average molecular weight is 334 g/mol. The summed E-state index contributed by atoms with van der Waals surface area (Å²) in [5, 5.41) is 5.14. The zero-order chi connectivity index (χ0) is 16.8. The molecule has 2 aromatic rings. The fraction of sp³-hybridized carbons (Fsp3) is 0.412. The molecule has 1 heterocycles. The molecule has 1 amide bonds. The topological polar surface area (TPSA) is 60.5 Å². The number of anilines is 1. The quantitative estimate of drug-likeness (QED) is 0.823. The molecule has 2 rings (SSSR count). The Kier molecular flexibility index (Phi) is 5.98. The molecule has 5 nitrogen and oxygen atoms in total. The second-order valence-corrected chi connectivity index (χ2v) is 6.75. The zero-order valence-electron chi connectivity index (χ0n) is 13.8. The minimum absolute atomic E-state index is 0.0187. The van der Waals surface area contributed by atoms with Crippen LogP contribution in [0.2, 0.25) is 0 Å². The third-order valence-corrected chi connectivity index (χ3v) is 3.44. The second kappa shape index (κ2) is 7.97. The first-order chi connectivity index (χ1) is 10.9. The molecule has 124 valence electrons. The first-order valence-electron chi connectivity index (χ1n) is 7.59. The maximum absolute atomic E-state index is 12.4.